The number of rotatable bonds is 6. The number of nitrogens with two attached hydrogens (primary N) is 1. The van der Waals surface area contributed by atoms with Gasteiger partial charge in [-0.05, 0) is 53.2 Å². The van der Waals surface area contributed by atoms with Gasteiger partial charge in [-0.25, -0.2) is 0 Å². The monoisotopic (exact) mass is 414 g/mol. The van der Waals surface area contributed by atoms with Crippen LogP contribution in [0.5, 0.6) is 0 Å². The van der Waals surface area contributed by atoms with Crippen LogP contribution in [-0.4, -0.2) is 36.1 Å². The number of likely N-dealkylation sites (tertiary alicyclic amines) is 1. The number of aryl methyl sites for hydroxylation is 1. The van der Waals surface area contributed by atoms with E-state index >= 15 is 0 Å². The van der Waals surface area contributed by atoms with Crippen LogP contribution in [0.1, 0.15) is 67.0 Å². The Labute approximate surface area is 186 Å². The number of amidine groups is 1. The molecule has 0 aromatic heterocycles. The van der Waals surface area contributed by atoms with Gasteiger partial charge in [0, 0.05) is 36.8 Å². The molecule has 4 rings (SSSR count). The lowest BCUT2D eigenvalue weighted by atomic mass is 9.89. The van der Waals surface area contributed by atoms with Crippen LogP contribution in [0.15, 0.2) is 53.5 Å². The third-order valence-electron chi connectivity index (χ3n) is 6.72. The molecule has 2 heterocycles. The second-order valence-corrected chi connectivity index (χ2v) is 9.29. The van der Waals surface area contributed by atoms with Crippen LogP contribution in [0.25, 0.3) is 5.57 Å². The standard InChI is InChI=1S/C27H34N4/c1-5-25(28)24-12-21(7-6-18(24)4)27(29)31-15-23(16-31)20-10-8-19(9-11-20)22-13-26(17(2)3)30-14-22/h6-14,17,23,25-26,29H,5,15-16,28H2,1-4H3. The highest BCUT2D eigenvalue weighted by atomic mass is 15.2. The first-order chi connectivity index (χ1) is 14.9. The van der Waals surface area contributed by atoms with E-state index in [1.54, 1.807) is 0 Å². The van der Waals surface area contributed by atoms with Gasteiger partial charge in [-0.3, -0.25) is 10.4 Å². The topological polar surface area (TPSA) is 65.5 Å². The first kappa shape index (κ1) is 21.5. The summed E-state index contributed by atoms with van der Waals surface area (Å²) in [6, 6.07) is 15.5. The summed E-state index contributed by atoms with van der Waals surface area (Å²) in [6.07, 6.45) is 5.18. The van der Waals surface area contributed by atoms with Crippen LogP contribution in [0.3, 0.4) is 0 Å². The van der Waals surface area contributed by atoms with Gasteiger partial charge < -0.3 is 10.6 Å². The molecule has 2 aliphatic rings. The fourth-order valence-corrected chi connectivity index (χ4v) is 4.38. The number of benzene rings is 2. The second-order valence-electron chi connectivity index (χ2n) is 9.29. The quantitative estimate of drug-likeness (QED) is 0.496. The van der Waals surface area contributed by atoms with Gasteiger partial charge in [0.1, 0.15) is 5.84 Å². The average molecular weight is 415 g/mol. The lowest BCUT2D eigenvalue weighted by molar-refractivity contribution is 0.251. The normalized spacial score (nSPS) is 19.5. The van der Waals surface area contributed by atoms with Crippen LogP contribution < -0.4 is 5.73 Å². The summed E-state index contributed by atoms with van der Waals surface area (Å²) in [5, 5.41) is 8.67. The first-order valence-electron chi connectivity index (χ1n) is 11.4. The molecule has 1 saturated heterocycles. The molecule has 2 aromatic rings. The van der Waals surface area contributed by atoms with Gasteiger partial charge in [0.15, 0.2) is 0 Å². The molecular weight excluding hydrogens is 380 g/mol. The van der Waals surface area contributed by atoms with Crippen molar-refractivity contribution in [3.63, 3.8) is 0 Å². The summed E-state index contributed by atoms with van der Waals surface area (Å²) in [7, 11) is 0. The Morgan fingerprint density at radius 3 is 2.48 bits per heavy atom. The maximum Gasteiger partial charge on any atom is 0.128 e. The van der Waals surface area contributed by atoms with E-state index in [4.69, 9.17) is 11.1 Å². The van der Waals surface area contributed by atoms with Crippen LogP contribution in [0.2, 0.25) is 0 Å². The smallest absolute Gasteiger partial charge is 0.128 e. The zero-order valence-electron chi connectivity index (χ0n) is 19.1. The minimum absolute atomic E-state index is 0.0336. The molecule has 162 valence electrons. The number of hydrogen-bond acceptors (Lipinski definition) is 3. The third-order valence-corrected chi connectivity index (χ3v) is 6.72. The van der Waals surface area contributed by atoms with Gasteiger partial charge in [0.05, 0.1) is 6.04 Å². The summed E-state index contributed by atoms with van der Waals surface area (Å²) in [6.45, 7) is 10.4. The van der Waals surface area contributed by atoms with Crippen molar-refractivity contribution in [1.29, 1.82) is 5.41 Å². The van der Waals surface area contributed by atoms with E-state index in [0.29, 0.717) is 23.7 Å². The average Bonchev–Trinajstić information content (AvgIpc) is 3.23. The van der Waals surface area contributed by atoms with E-state index in [-0.39, 0.29) is 6.04 Å². The van der Waals surface area contributed by atoms with Crippen molar-refractivity contribution >= 4 is 17.6 Å². The SMILES string of the molecule is CCC(N)c1cc(C(=N)N2CC(c3ccc(C4=CC(C(C)C)N=C4)cc3)C2)ccc1C. The van der Waals surface area contributed by atoms with Gasteiger partial charge in [0.25, 0.3) is 0 Å². The van der Waals surface area contributed by atoms with Gasteiger partial charge in [-0.2, -0.15) is 0 Å². The molecule has 3 N–H and O–H groups in total. The fourth-order valence-electron chi connectivity index (χ4n) is 4.38. The molecule has 2 atom stereocenters. The van der Waals surface area contributed by atoms with Crippen molar-refractivity contribution in [3.05, 3.63) is 76.4 Å². The lowest BCUT2D eigenvalue weighted by Crippen LogP contribution is -2.48. The molecule has 4 nitrogen and oxygen atoms in total. The summed E-state index contributed by atoms with van der Waals surface area (Å²) in [4.78, 5) is 6.76. The van der Waals surface area contributed by atoms with Crippen molar-refractivity contribution in [2.75, 3.05) is 13.1 Å². The number of aliphatic imine (C=N–C) groups is 1. The molecule has 4 heteroatoms. The van der Waals surface area contributed by atoms with E-state index in [1.165, 1.54) is 22.3 Å². The van der Waals surface area contributed by atoms with Crippen LogP contribution in [-0.2, 0) is 0 Å². The predicted octanol–water partition coefficient (Wildman–Crippen LogP) is 5.32. The molecule has 0 bridgehead atoms. The highest BCUT2D eigenvalue weighted by Gasteiger charge is 2.30. The van der Waals surface area contributed by atoms with Crippen molar-refractivity contribution in [2.45, 2.75) is 52.1 Å². The molecule has 0 spiro atoms. The zero-order chi connectivity index (χ0) is 22.1. The molecule has 0 radical (unpaired) electrons. The third kappa shape index (κ3) is 4.35. The summed E-state index contributed by atoms with van der Waals surface area (Å²) < 4.78 is 0. The largest absolute Gasteiger partial charge is 0.355 e. The Kier molecular flexibility index (Phi) is 6.10. The summed E-state index contributed by atoms with van der Waals surface area (Å²) >= 11 is 0. The fraction of sp³-hybridized carbons (Fsp3) is 0.407. The Hall–Kier alpha value is -2.72. The van der Waals surface area contributed by atoms with Crippen molar-refractivity contribution < 1.29 is 0 Å². The number of nitrogens with one attached hydrogen (secondary N) is 1. The van der Waals surface area contributed by atoms with Crippen molar-refractivity contribution in [1.82, 2.24) is 4.90 Å². The summed E-state index contributed by atoms with van der Waals surface area (Å²) in [5.74, 6) is 1.61. The number of nitrogens with zero attached hydrogens (tertiary/aromatic N) is 2. The molecule has 2 aromatic carbocycles. The van der Waals surface area contributed by atoms with E-state index in [9.17, 15) is 0 Å². The maximum absolute atomic E-state index is 8.67. The molecule has 1 fully saturated rings. The molecule has 0 saturated carbocycles. The van der Waals surface area contributed by atoms with Gasteiger partial charge in [-0.1, -0.05) is 63.2 Å². The molecule has 0 aliphatic carbocycles. The molecule has 2 unspecified atom stereocenters. The molecule has 2 aliphatic heterocycles. The van der Waals surface area contributed by atoms with E-state index < -0.39 is 0 Å². The second kappa shape index (κ2) is 8.80. The Bertz CT molecular complexity index is 1010. The summed E-state index contributed by atoms with van der Waals surface area (Å²) in [5.41, 5.74) is 13.4. The van der Waals surface area contributed by atoms with E-state index in [1.807, 2.05) is 12.3 Å². The molecule has 0 amide bonds. The van der Waals surface area contributed by atoms with Crippen molar-refractivity contribution in [3.8, 4) is 0 Å². The minimum atomic E-state index is 0.0336. The Balaban J connectivity index is 1.39. The van der Waals surface area contributed by atoms with Gasteiger partial charge in [0.2, 0.25) is 0 Å². The lowest BCUT2D eigenvalue weighted by Gasteiger charge is -2.41. The predicted molar refractivity (Wildman–Crippen MR) is 131 cm³/mol. The first-order valence-corrected chi connectivity index (χ1v) is 11.4. The highest BCUT2D eigenvalue weighted by molar-refractivity contribution is 6.11. The molecule has 31 heavy (non-hydrogen) atoms. The minimum Gasteiger partial charge on any atom is -0.355 e. The van der Waals surface area contributed by atoms with Crippen LogP contribution >= 0.6 is 0 Å². The number of allylic oxidation sites excluding steroid dienone is 1. The number of hydrogen-bond donors (Lipinski definition) is 2. The van der Waals surface area contributed by atoms with E-state index in [2.05, 4.69) is 80.1 Å². The van der Waals surface area contributed by atoms with E-state index in [0.717, 1.165) is 30.6 Å². The zero-order valence-corrected chi connectivity index (χ0v) is 19.1. The molecular formula is C27H34N4. The maximum atomic E-state index is 8.67. The van der Waals surface area contributed by atoms with Gasteiger partial charge >= 0.3 is 0 Å². The van der Waals surface area contributed by atoms with Crippen LogP contribution in [0.4, 0.5) is 0 Å². The Morgan fingerprint density at radius 1 is 1.16 bits per heavy atom. The highest BCUT2D eigenvalue weighted by Crippen LogP contribution is 2.31. The Morgan fingerprint density at radius 2 is 1.87 bits per heavy atom. The van der Waals surface area contributed by atoms with Gasteiger partial charge in [-0.15, -0.1) is 0 Å². The van der Waals surface area contributed by atoms with Crippen molar-refractivity contribution in [2.24, 2.45) is 16.6 Å². The van der Waals surface area contributed by atoms with Crippen LogP contribution in [0, 0.1) is 18.3 Å².